The molecule has 2 N–H and O–H groups in total. The molecule has 1 saturated heterocycles. The summed E-state index contributed by atoms with van der Waals surface area (Å²) in [4.78, 5) is 24.6. The number of carbonyl (C=O) groups is 1. The minimum Gasteiger partial charge on any atom is -0.353 e. The minimum absolute atomic E-state index is 0.103. The van der Waals surface area contributed by atoms with E-state index in [1.807, 2.05) is 48.7 Å². The van der Waals surface area contributed by atoms with E-state index in [4.69, 9.17) is 0 Å². The van der Waals surface area contributed by atoms with Crippen LogP contribution in [0, 0.1) is 0 Å². The second kappa shape index (κ2) is 8.51. The van der Waals surface area contributed by atoms with E-state index in [2.05, 4.69) is 40.6 Å². The molecule has 3 aromatic rings. The predicted octanol–water partition coefficient (Wildman–Crippen LogP) is 2.30. The Morgan fingerprint density at radius 1 is 0.931 bits per heavy atom. The number of anilines is 5. The van der Waals surface area contributed by atoms with Crippen molar-refractivity contribution >= 4 is 34.9 Å². The van der Waals surface area contributed by atoms with Gasteiger partial charge >= 0.3 is 0 Å². The Morgan fingerprint density at radius 3 is 2.28 bits per heavy atom. The molecule has 1 aliphatic rings. The topological polar surface area (TPSA) is 99.2 Å². The van der Waals surface area contributed by atoms with Crippen molar-refractivity contribution in [3.05, 3.63) is 54.9 Å². The van der Waals surface area contributed by atoms with Crippen LogP contribution in [0.2, 0.25) is 0 Å². The Bertz CT molecular complexity index is 956. The second-order valence-electron chi connectivity index (χ2n) is 6.68. The van der Waals surface area contributed by atoms with E-state index >= 15 is 0 Å². The predicted molar refractivity (Wildman–Crippen MR) is 113 cm³/mol. The average Bonchev–Trinajstić information content (AvgIpc) is 2.76. The summed E-state index contributed by atoms with van der Waals surface area (Å²) in [7, 11) is 0. The van der Waals surface area contributed by atoms with Crippen molar-refractivity contribution in [3.8, 4) is 0 Å². The quantitative estimate of drug-likeness (QED) is 0.685. The van der Waals surface area contributed by atoms with Crippen molar-refractivity contribution in [1.82, 2.24) is 20.2 Å². The summed E-state index contributed by atoms with van der Waals surface area (Å²) in [6, 6.07) is 13.3. The number of carbonyl (C=O) groups excluding carboxylic acids is 1. The second-order valence-corrected chi connectivity index (χ2v) is 6.68. The summed E-state index contributed by atoms with van der Waals surface area (Å²) >= 11 is 0. The molecule has 1 aromatic carbocycles. The Kier molecular flexibility index (Phi) is 5.46. The third kappa shape index (κ3) is 4.75. The molecule has 29 heavy (non-hydrogen) atoms. The van der Waals surface area contributed by atoms with Gasteiger partial charge in [0.2, 0.25) is 11.9 Å². The molecular formula is C20H22N8O. The van der Waals surface area contributed by atoms with Crippen LogP contribution in [0.5, 0.6) is 0 Å². The maximum atomic E-state index is 11.1. The van der Waals surface area contributed by atoms with Gasteiger partial charge in [-0.2, -0.15) is 10.1 Å². The summed E-state index contributed by atoms with van der Waals surface area (Å²) in [5.41, 5.74) is 1.56. The van der Waals surface area contributed by atoms with Gasteiger partial charge in [0.25, 0.3) is 0 Å². The highest BCUT2D eigenvalue weighted by Gasteiger charge is 2.19. The third-order valence-electron chi connectivity index (χ3n) is 4.58. The molecule has 0 bridgehead atoms. The van der Waals surface area contributed by atoms with Crippen molar-refractivity contribution in [2.24, 2.45) is 0 Å². The van der Waals surface area contributed by atoms with Gasteiger partial charge in [0.05, 0.1) is 6.20 Å². The molecule has 3 heterocycles. The van der Waals surface area contributed by atoms with E-state index in [0.717, 1.165) is 49.2 Å². The Morgan fingerprint density at radius 2 is 1.62 bits per heavy atom. The largest absolute Gasteiger partial charge is 0.353 e. The first-order valence-corrected chi connectivity index (χ1v) is 9.43. The van der Waals surface area contributed by atoms with Crippen molar-refractivity contribution in [1.29, 1.82) is 0 Å². The molecule has 9 heteroatoms. The number of amides is 1. The molecule has 9 nitrogen and oxygen atoms in total. The van der Waals surface area contributed by atoms with Crippen LogP contribution < -0.4 is 20.4 Å². The lowest BCUT2D eigenvalue weighted by atomic mass is 10.3. The number of rotatable bonds is 5. The summed E-state index contributed by atoms with van der Waals surface area (Å²) in [6.07, 6.45) is 3.50. The molecule has 1 amide bonds. The maximum Gasteiger partial charge on any atom is 0.249 e. The Balaban J connectivity index is 1.38. The number of hydrogen-bond donors (Lipinski definition) is 2. The van der Waals surface area contributed by atoms with Crippen LogP contribution in [0.1, 0.15) is 6.92 Å². The molecule has 0 saturated carbocycles. The molecule has 1 aliphatic heterocycles. The van der Waals surface area contributed by atoms with Crippen molar-refractivity contribution < 1.29 is 4.79 Å². The zero-order valence-corrected chi connectivity index (χ0v) is 16.1. The van der Waals surface area contributed by atoms with E-state index in [9.17, 15) is 4.79 Å². The smallest absolute Gasteiger partial charge is 0.249 e. The van der Waals surface area contributed by atoms with Gasteiger partial charge in [0, 0.05) is 50.7 Å². The van der Waals surface area contributed by atoms with Crippen LogP contribution >= 0.6 is 0 Å². The molecule has 0 unspecified atom stereocenters. The van der Waals surface area contributed by atoms with Crippen molar-refractivity contribution in [2.45, 2.75) is 6.92 Å². The third-order valence-corrected chi connectivity index (χ3v) is 4.58. The van der Waals surface area contributed by atoms with Gasteiger partial charge in [-0.3, -0.25) is 4.79 Å². The number of piperazine rings is 1. The van der Waals surface area contributed by atoms with Gasteiger partial charge in [-0.15, -0.1) is 5.10 Å². The van der Waals surface area contributed by atoms with Gasteiger partial charge < -0.3 is 20.4 Å². The van der Waals surface area contributed by atoms with Gasteiger partial charge in [-0.1, -0.05) is 6.07 Å². The van der Waals surface area contributed by atoms with Crippen LogP contribution in [0.15, 0.2) is 54.9 Å². The van der Waals surface area contributed by atoms with E-state index in [0.29, 0.717) is 5.95 Å². The number of benzene rings is 1. The SMILES string of the molecule is CC(=O)Nc1ccc(Nc2nncc(N3CCN(c4ccccn4)CC3)n2)cc1. The van der Waals surface area contributed by atoms with E-state index in [-0.39, 0.29) is 5.91 Å². The summed E-state index contributed by atoms with van der Waals surface area (Å²) < 4.78 is 0. The molecule has 0 radical (unpaired) electrons. The molecule has 0 atom stereocenters. The fraction of sp³-hybridized carbons (Fsp3) is 0.250. The maximum absolute atomic E-state index is 11.1. The highest BCUT2D eigenvalue weighted by atomic mass is 16.1. The monoisotopic (exact) mass is 390 g/mol. The fourth-order valence-corrected chi connectivity index (χ4v) is 3.17. The van der Waals surface area contributed by atoms with E-state index in [1.165, 1.54) is 6.92 Å². The Labute approximate surface area is 168 Å². The average molecular weight is 390 g/mol. The number of hydrogen-bond acceptors (Lipinski definition) is 8. The highest BCUT2D eigenvalue weighted by Crippen LogP contribution is 2.20. The summed E-state index contributed by atoms with van der Waals surface area (Å²) in [5, 5.41) is 14.1. The van der Waals surface area contributed by atoms with E-state index < -0.39 is 0 Å². The number of aromatic nitrogens is 4. The van der Waals surface area contributed by atoms with Crippen molar-refractivity contribution in [3.63, 3.8) is 0 Å². The van der Waals surface area contributed by atoms with Crippen LogP contribution in [0.25, 0.3) is 0 Å². The van der Waals surface area contributed by atoms with Gasteiger partial charge in [0.15, 0.2) is 5.82 Å². The zero-order valence-electron chi connectivity index (χ0n) is 16.1. The van der Waals surface area contributed by atoms with E-state index in [1.54, 1.807) is 6.20 Å². The van der Waals surface area contributed by atoms with Crippen molar-refractivity contribution in [2.75, 3.05) is 46.6 Å². The lowest BCUT2D eigenvalue weighted by Crippen LogP contribution is -2.47. The normalized spacial score (nSPS) is 13.8. The van der Waals surface area contributed by atoms with Crippen LogP contribution in [-0.4, -0.2) is 52.3 Å². The van der Waals surface area contributed by atoms with Crippen LogP contribution in [0.4, 0.5) is 29.0 Å². The molecule has 0 aliphatic carbocycles. The molecule has 1 fully saturated rings. The van der Waals surface area contributed by atoms with Crippen LogP contribution in [0.3, 0.4) is 0 Å². The van der Waals surface area contributed by atoms with Gasteiger partial charge in [0.1, 0.15) is 5.82 Å². The highest BCUT2D eigenvalue weighted by molar-refractivity contribution is 5.88. The van der Waals surface area contributed by atoms with Crippen LogP contribution in [-0.2, 0) is 4.79 Å². The van der Waals surface area contributed by atoms with Gasteiger partial charge in [-0.25, -0.2) is 4.98 Å². The molecule has 2 aromatic heterocycles. The molecule has 0 spiro atoms. The first kappa shape index (κ1) is 18.6. The minimum atomic E-state index is -0.103. The first-order chi connectivity index (χ1) is 14.2. The summed E-state index contributed by atoms with van der Waals surface area (Å²) in [5.74, 6) is 2.12. The Hall–Kier alpha value is -3.75. The number of pyridine rings is 1. The first-order valence-electron chi connectivity index (χ1n) is 9.43. The zero-order chi connectivity index (χ0) is 20.1. The summed E-state index contributed by atoms with van der Waals surface area (Å²) in [6.45, 7) is 4.89. The molecule has 148 valence electrons. The van der Waals surface area contributed by atoms with Gasteiger partial charge in [-0.05, 0) is 36.4 Å². The number of nitrogens with one attached hydrogen (secondary N) is 2. The molecular weight excluding hydrogens is 368 g/mol. The lowest BCUT2D eigenvalue weighted by Gasteiger charge is -2.35. The lowest BCUT2D eigenvalue weighted by molar-refractivity contribution is -0.114. The fourth-order valence-electron chi connectivity index (χ4n) is 3.17. The standard InChI is InChI=1S/C20H22N8O/c1-15(29)23-16-5-7-17(8-6-16)24-20-25-19(14-22-26-20)28-12-10-27(11-13-28)18-4-2-3-9-21-18/h2-9,14H,10-13H2,1H3,(H,23,29)(H,24,25,26). The molecule has 4 rings (SSSR count). The number of nitrogens with zero attached hydrogens (tertiary/aromatic N) is 6.